The maximum absolute atomic E-state index is 14.1. The molecule has 0 N–H and O–H groups in total. The zero-order valence-electron chi connectivity index (χ0n) is 21.7. The second-order valence-corrected chi connectivity index (χ2v) is 10.2. The number of carbonyl (C=O) groups is 2. The van der Waals surface area contributed by atoms with Crippen LogP contribution in [0.3, 0.4) is 0 Å². The molecule has 3 heterocycles. The van der Waals surface area contributed by atoms with Gasteiger partial charge in [-0.1, -0.05) is 55.0 Å². The summed E-state index contributed by atoms with van der Waals surface area (Å²) in [6.45, 7) is 5.98. The molecule has 0 spiro atoms. The molecule has 10 nitrogen and oxygen atoms in total. The molecule has 1 amide bonds. The van der Waals surface area contributed by atoms with Crippen LogP contribution in [-0.2, 0) is 14.3 Å². The van der Waals surface area contributed by atoms with Crippen molar-refractivity contribution in [3.63, 3.8) is 0 Å². The van der Waals surface area contributed by atoms with Crippen molar-refractivity contribution in [3.05, 3.63) is 101 Å². The maximum Gasteiger partial charge on any atom is 0.338 e. The Hall–Kier alpha value is -4.38. The fraction of sp³-hybridized carbons (Fsp3) is 0.286. The third-order valence-electron chi connectivity index (χ3n) is 6.77. The smallest absolute Gasteiger partial charge is 0.338 e. The van der Waals surface area contributed by atoms with E-state index in [2.05, 4.69) is 4.99 Å². The monoisotopic (exact) mass is 546 g/mol. The molecule has 11 heteroatoms. The number of rotatable bonds is 7. The van der Waals surface area contributed by atoms with Crippen molar-refractivity contribution in [2.24, 2.45) is 4.99 Å². The Kier molecular flexibility index (Phi) is 7.00. The maximum atomic E-state index is 14.1. The van der Waals surface area contributed by atoms with Crippen molar-refractivity contribution in [1.29, 1.82) is 0 Å². The lowest BCUT2D eigenvalue weighted by Crippen LogP contribution is -2.41. The summed E-state index contributed by atoms with van der Waals surface area (Å²) in [4.78, 5) is 58.5. The number of thiazole rings is 1. The van der Waals surface area contributed by atoms with Gasteiger partial charge in [0.1, 0.15) is 4.53 Å². The summed E-state index contributed by atoms with van der Waals surface area (Å²) in [5.74, 6) is -0.926. The van der Waals surface area contributed by atoms with Crippen LogP contribution in [0.15, 0.2) is 69.6 Å². The highest BCUT2D eigenvalue weighted by molar-refractivity contribution is 7.07. The first kappa shape index (κ1) is 26.2. The standard InChI is InChI=1S/C28H26N4O6S/c1-4-6-14-30-20-13-8-7-12-19(20)22(25(30)33)24-26(34)31-23(17-10-9-11-18(15-17)32(36)37)21(27(35)38-5-2)16(3)29-28(31)39-24/h7-13,15,23H,4-6,14H2,1-3H3/b24-22-/t23-/m1/s1. The first-order chi connectivity index (χ1) is 18.8. The number of unbranched alkanes of at least 4 members (excludes halogenated alkanes) is 1. The van der Waals surface area contributed by atoms with Crippen LogP contribution in [0.4, 0.5) is 11.4 Å². The summed E-state index contributed by atoms with van der Waals surface area (Å²) in [5.41, 5.74) is 1.84. The average Bonchev–Trinajstić information content (AvgIpc) is 3.38. The number of esters is 1. The predicted octanol–water partition coefficient (Wildman–Crippen LogP) is 3.22. The fourth-order valence-corrected chi connectivity index (χ4v) is 6.14. The molecule has 1 aromatic heterocycles. The van der Waals surface area contributed by atoms with E-state index in [1.54, 1.807) is 24.8 Å². The Morgan fingerprint density at radius 1 is 1.15 bits per heavy atom. The summed E-state index contributed by atoms with van der Waals surface area (Å²) in [6.07, 6.45) is 1.71. The molecule has 3 aromatic rings. The molecular formula is C28H26N4O6S. The van der Waals surface area contributed by atoms with Gasteiger partial charge in [0.15, 0.2) is 4.80 Å². The normalized spacial score (nSPS) is 17.6. The summed E-state index contributed by atoms with van der Waals surface area (Å²) >= 11 is 1.07. The predicted molar refractivity (Wildman–Crippen MR) is 146 cm³/mol. The van der Waals surface area contributed by atoms with Gasteiger partial charge in [0.2, 0.25) is 0 Å². The van der Waals surface area contributed by atoms with Crippen LogP contribution in [0, 0.1) is 10.1 Å². The molecular weight excluding hydrogens is 520 g/mol. The van der Waals surface area contributed by atoms with Crippen LogP contribution in [0.25, 0.3) is 5.57 Å². The Labute approximate surface area is 227 Å². The molecule has 0 unspecified atom stereocenters. The number of ether oxygens (including phenoxy) is 1. The van der Waals surface area contributed by atoms with Crippen molar-refractivity contribution >= 4 is 40.2 Å². The highest BCUT2D eigenvalue weighted by atomic mass is 32.1. The van der Waals surface area contributed by atoms with Gasteiger partial charge in [-0.2, -0.15) is 0 Å². The molecule has 0 bridgehead atoms. The quantitative estimate of drug-likeness (QED) is 0.255. The van der Waals surface area contributed by atoms with Crippen LogP contribution in [0.5, 0.6) is 0 Å². The highest BCUT2D eigenvalue weighted by Crippen LogP contribution is 2.36. The molecule has 39 heavy (non-hydrogen) atoms. The molecule has 0 radical (unpaired) electrons. The van der Waals surface area contributed by atoms with Crippen LogP contribution in [0.1, 0.15) is 50.8 Å². The van der Waals surface area contributed by atoms with Crippen LogP contribution >= 0.6 is 11.3 Å². The average molecular weight is 547 g/mol. The second-order valence-electron chi connectivity index (χ2n) is 9.18. The number of benzene rings is 2. The molecule has 0 fully saturated rings. The minimum Gasteiger partial charge on any atom is -0.463 e. The largest absolute Gasteiger partial charge is 0.463 e. The number of nitro benzene ring substituents is 1. The van der Waals surface area contributed by atoms with Crippen molar-refractivity contribution in [3.8, 4) is 0 Å². The molecule has 2 aromatic carbocycles. The third kappa shape index (κ3) is 4.38. The SMILES string of the molecule is CCCCN1C(=O)/C(=c2\sc3n(c2=O)[C@H](c2cccc([N+](=O)[O-])c2)C(C(=O)OCC)=C(C)N=3)c2ccccc21. The summed E-state index contributed by atoms with van der Waals surface area (Å²) in [5, 5.41) is 11.5. The number of carbonyl (C=O) groups excluding carboxylic acids is 2. The van der Waals surface area contributed by atoms with Crippen molar-refractivity contribution < 1.29 is 19.2 Å². The van der Waals surface area contributed by atoms with Gasteiger partial charge in [0.25, 0.3) is 17.2 Å². The van der Waals surface area contributed by atoms with E-state index in [0.717, 1.165) is 29.9 Å². The van der Waals surface area contributed by atoms with E-state index < -0.39 is 22.5 Å². The minimum atomic E-state index is -1.02. The highest BCUT2D eigenvalue weighted by Gasteiger charge is 2.37. The van der Waals surface area contributed by atoms with Gasteiger partial charge in [-0.3, -0.25) is 24.3 Å². The number of nitro groups is 1. The number of allylic oxidation sites excluding steroid dienone is 1. The topological polar surface area (TPSA) is 124 Å². The number of fused-ring (bicyclic) bond motifs is 2. The van der Waals surface area contributed by atoms with E-state index in [1.807, 2.05) is 31.2 Å². The van der Waals surface area contributed by atoms with Gasteiger partial charge in [0, 0.05) is 24.2 Å². The van der Waals surface area contributed by atoms with E-state index in [9.17, 15) is 24.5 Å². The Morgan fingerprint density at radius 3 is 2.64 bits per heavy atom. The van der Waals surface area contributed by atoms with Gasteiger partial charge < -0.3 is 9.64 Å². The molecule has 200 valence electrons. The molecule has 2 aliphatic rings. The number of hydrogen-bond donors (Lipinski definition) is 0. The van der Waals surface area contributed by atoms with E-state index in [4.69, 9.17) is 4.74 Å². The molecule has 2 aliphatic heterocycles. The van der Waals surface area contributed by atoms with Crippen LogP contribution in [0.2, 0.25) is 0 Å². The number of nitrogens with zero attached hydrogens (tertiary/aromatic N) is 4. The Morgan fingerprint density at radius 2 is 1.92 bits per heavy atom. The number of anilines is 1. The lowest BCUT2D eigenvalue weighted by molar-refractivity contribution is -0.384. The van der Waals surface area contributed by atoms with Crippen molar-refractivity contribution in [2.75, 3.05) is 18.1 Å². The first-order valence-electron chi connectivity index (χ1n) is 12.7. The van der Waals surface area contributed by atoms with Crippen molar-refractivity contribution in [2.45, 2.75) is 39.7 Å². The van der Waals surface area contributed by atoms with E-state index in [-0.39, 0.29) is 28.3 Å². The van der Waals surface area contributed by atoms with Gasteiger partial charge in [-0.15, -0.1) is 0 Å². The number of hydrogen-bond acceptors (Lipinski definition) is 8. The van der Waals surface area contributed by atoms with Crippen LogP contribution < -0.4 is 19.8 Å². The van der Waals surface area contributed by atoms with Gasteiger partial charge >= 0.3 is 5.97 Å². The van der Waals surface area contributed by atoms with Crippen LogP contribution in [-0.4, -0.2) is 34.5 Å². The van der Waals surface area contributed by atoms with E-state index >= 15 is 0 Å². The zero-order chi connectivity index (χ0) is 27.8. The number of non-ortho nitro benzene ring substituents is 1. The second kappa shape index (κ2) is 10.4. The number of para-hydroxylation sites is 1. The summed E-state index contributed by atoms with van der Waals surface area (Å²) in [7, 11) is 0. The fourth-order valence-electron chi connectivity index (χ4n) is 5.00. The molecule has 1 atom stereocenters. The number of aromatic nitrogens is 1. The van der Waals surface area contributed by atoms with Crippen molar-refractivity contribution in [1.82, 2.24) is 4.57 Å². The Bertz CT molecular complexity index is 1730. The van der Waals surface area contributed by atoms with Gasteiger partial charge in [0.05, 0.1) is 40.1 Å². The van der Waals surface area contributed by atoms with E-state index in [0.29, 0.717) is 33.7 Å². The molecule has 0 saturated heterocycles. The van der Waals surface area contributed by atoms with Gasteiger partial charge in [-0.05, 0) is 31.9 Å². The number of amides is 1. The lowest BCUT2D eigenvalue weighted by atomic mass is 9.95. The summed E-state index contributed by atoms with van der Waals surface area (Å²) in [6, 6.07) is 12.2. The van der Waals surface area contributed by atoms with E-state index in [1.165, 1.54) is 22.8 Å². The Balaban J connectivity index is 1.80. The minimum absolute atomic E-state index is 0.102. The third-order valence-corrected chi connectivity index (χ3v) is 7.83. The first-order valence-corrected chi connectivity index (χ1v) is 13.5. The summed E-state index contributed by atoms with van der Waals surface area (Å²) < 4.78 is 6.84. The molecule has 0 aliphatic carbocycles. The zero-order valence-corrected chi connectivity index (χ0v) is 22.5. The van der Waals surface area contributed by atoms with Gasteiger partial charge in [-0.25, -0.2) is 9.79 Å². The molecule has 5 rings (SSSR count). The lowest BCUT2D eigenvalue weighted by Gasteiger charge is -2.24. The molecule has 0 saturated carbocycles.